The zero-order valence-corrected chi connectivity index (χ0v) is 13.7. The molecule has 0 aliphatic carbocycles. The Balaban J connectivity index is 1.64. The number of halogens is 2. The molecule has 5 heteroatoms. The second-order valence-electron chi connectivity index (χ2n) is 6.95. The van der Waals surface area contributed by atoms with Gasteiger partial charge in [-0.1, -0.05) is 13.0 Å². The molecule has 2 aromatic rings. The van der Waals surface area contributed by atoms with Gasteiger partial charge in [0.1, 0.15) is 5.52 Å². The van der Waals surface area contributed by atoms with Crippen molar-refractivity contribution in [1.82, 2.24) is 15.2 Å². The largest absolute Gasteiger partial charge is 0.311 e. The summed E-state index contributed by atoms with van der Waals surface area (Å²) >= 11 is 0. The van der Waals surface area contributed by atoms with E-state index in [9.17, 15) is 8.78 Å². The molecule has 0 spiro atoms. The van der Waals surface area contributed by atoms with Gasteiger partial charge in [-0.15, -0.1) is 0 Å². The molecule has 0 amide bonds. The van der Waals surface area contributed by atoms with Gasteiger partial charge in [-0.3, -0.25) is 0 Å². The summed E-state index contributed by atoms with van der Waals surface area (Å²) < 4.78 is 27.1. The second-order valence-corrected chi connectivity index (χ2v) is 6.95. The minimum absolute atomic E-state index is 0.106. The summed E-state index contributed by atoms with van der Waals surface area (Å²) in [5.74, 6) is -1.72. The Morgan fingerprint density at radius 3 is 2.61 bits per heavy atom. The Kier molecular flexibility index (Phi) is 4.60. The van der Waals surface area contributed by atoms with E-state index in [1.165, 1.54) is 12.8 Å². The predicted molar refractivity (Wildman–Crippen MR) is 88.2 cm³/mol. The van der Waals surface area contributed by atoms with Gasteiger partial charge in [0.25, 0.3) is 0 Å². The minimum atomic E-state index is -0.869. The molecule has 0 atom stereocenters. The first-order valence-electron chi connectivity index (χ1n) is 8.10. The number of aromatic nitrogens is 1. The van der Waals surface area contributed by atoms with E-state index in [4.69, 9.17) is 0 Å². The molecule has 1 aromatic carbocycles. The van der Waals surface area contributed by atoms with Crippen LogP contribution >= 0.6 is 0 Å². The fourth-order valence-electron chi connectivity index (χ4n) is 3.10. The summed E-state index contributed by atoms with van der Waals surface area (Å²) in [6.45, 7) is 6.02. The van der Waals surface area contributed by atoms with Crippen molar-refractivity contribution in [2.75, 3.05) is 26.7 Å². The molecule has 0 unspecified atom stereocenters. The van der Waals surface area contributed by atoms with Crippen LogP contribution in [0, 0.1) is 17.0 Å². The number of hydrogen-bond donors (Lipinski definition) is 1. The van der Waals surface area contributed by atoms with E-state index < -0.39 is 11.6 Å². The first-order chi connectivity index (χ1) is 11.0. The van der Waals surface area contributed by atoms with Crippen LogP contribution in [-0.2, 0) is 6.54 Å². The van der Waals surface area contributed by atoms with Gasteiger partial charge >= 0.3 is 0 Å². The zero-order chi connectivity index (χ0) is 16.4. The van der Waals surface area contributed by atoms with Crippen molar-refractivity contribution >= 4 is 10.9 Å². The predicted octanol–water partition coefficient (Wildman–Crippen LogP) is 3.33. The maximum Gasteiger partial charge on any atom is 0.184 e. The molecular weight excluding hydrogens is 296 g/mol. The van der Waals surface area contributed by atoms with Crippen LogP contribution in [0.2, 0.25) is 0 Å². The number of rotatable bonds is 4. The average Bonchev–Trinajstić information content (AvgIpc) is 2.54. The summed E-state index contributed by atoms with van der Waals surface area (Å²) in [5, 5.41) is 4.05. The number of benzene rings is 1. The standard InChI is InChI=1S/C18H23F2N3/c1-18(7-9-23(2)10-8-18)12-21-11-14-5-3-13-4-6-15(19)16(20)17(13)22-14/h3-6,21H,7-12H2,1-2H3. The van der Waals surface area contributed by atoms with Gasteiger partial charge in [-0.25, -0.2) is 13.8 Å². The van der Waals surface area contributed by atoms with Crippen molar-refractivity contribution in [3.63, 3.8) is 0 Å². The summed E-state index contributed by atoms with van der Waals surface area (Å²) in [7, 11) is 2.15. The molecule has 0 bridgehead atoms. The molecule has 3 nitrogen and oxygen atoms in total. The van der Waals surface area contributed by atoms with Crippen molar-refractivity contribution in [3.8, 4) is 0 Å². The van der Waals surface area contributed by atoms with E-state index in [0.29, 0.717) is 17.3 Å². The van der Waals surface area contributed by atoms with E-state index in [1.807, 2.05) is 6.07 Å². The Labute approximate surface area is 135 Å². The van der Waals surface area contributed by atoms with E-state index >= 15 is 0 Å². The van der Waals surface area contributed by atoms with Crippen LogP contribution in [0.25, 0.3) is 10.9 Å². The molecule has 0 saturated carbocycles. The van der Waals surface area contributed by atoms with Crippen molar-refractivity contribution in [3.05, 3.63) is 41.6 Å². The number of nitrogens with zero attached hydrogens (tertiary/aromatic N) is 2. The van der Waals surface area contributed by atoms with Crippen LogP contribution in [-0.4, -0.2) is 36.6 Å². The fraction of sp³-hybridized carbons (Fsp3) is 0.500. The second kappa shape index (κ2) is 6.49. The topological polar surface area (TPSA) is 28.2 Å². The van der Waals surface area contributed by atoms with Crippen LogP contribution in [0.15, 0.2) is 24.3 Å². The monoisotopic (exact) mass is 319 g/mol. The lowest BCUT2D eigenvalue weighted by Crippen LogP contribution is -2.41. The number of nitrogens with one attached hydrogen (secondary N) is 1. The highest BCUT2D eigenvalue weighted by Gasteiger charge is 2.28. The molecule has 1 fully saturated rings. The smallest absolute Gasteiger partial charge is 0.184 e. The highest BCUT2D eigenvalue weighted by molar-refractivity contribution is 5.79. The van der Waals surface area contributed by atoms with E-state index in [2.05, 4.69) is 29.2 Å². The number of fused-ring (bicyclic) bond motifs is 1. The van der Waals surface area contributed by atoms with E-state index in [1.54, 1.807) is 12.1 Å². The zero-order valence-electron chi connectivity index (χ0n) is 13.7. The average molecular weight is 319 g/mol. The van der Waals surface area contributed by atoms with Gasteiger partial charge in [0.05, 0.1) is 5.69 Å². The van der Waals surface area contributed by atoms with Gasteiger partial charge in [0, 0.05) is 18.5 Å². The van der Waals surface area contributed by atoms with Crippen LogP contribution in [0.4, 0.5) is 8.78 Å². The molecule has 3 rings (SSSR count). The molecule has 23 heavy (non-hydrogen) atoms. The molecule has 1 saturated heterocycles. The Bertz CT molecular complexity index is 694. The van der Waals surface area contributed by atoms with Gasteiger partial charge in [0.15, 0.2) is 11.6 Å². The van der Waals surface area contributed by atoms with Crippen LogP contribution in [0.3, 0.4) is 0 Å². The first kappa shape index (κ1) is 16.3. The SMILES string of the molecule is CN1CCC(C)(CNCc2ccc3ccc(F)c(F)c3n2)CC1. The van der Waals surface area contributed by atoms with Crippen molar-refractivity contribution in [2.24, 2.45) is 5.41 Å². The number of pyridine rings is 1. The highest BCUT2D eigenvalue weighted by atomic mass is 19.2. The van der Waals surface area contributed by atoms with Crippen molar-refractivity contribution < 1.29 is 8.78 Å². The third-order valence-corrected chi connectivity index (χ3v) is 4.86. The van der Waals surface area contributed by atoms with Crippen LogP contribution < -0.4 is 5.32 Å². The van der Waals surface area contributed by atoms with Crippen molar-refractivity contribution in [1.29, 1.82) is 0 Å². The van der Waals surface area contributed by atoms with Crippen molar-refractivity contribution in [2.45, 2.75) is 26.3 Å². The summed E-state index contributed by atoms with van der Waals surface area (Å²) in [5.41, 5.74) is 1.13. The third kappa shape index (κ3) is 3.67. The van der Waals surface area contributed by atoms with Gasteiger partial charge in [-0.05, 0) is 56.6 Å². The maximum atomic E-state index is 13.8. The number of piperidine rings is 1. The quantitative estimate of drug-likeness (QED) is 0.937. The fourth-order valence-corrected chi connectivity index (χ4v) is 3.10. The first-order valence-corrected chi connectivity index (χ1v) is 8.10. The van der Waals surface area contributed by atoms with Crippen LogP contribution in [0.5, 0.6) is 0 Å². The molecular formula is C18H23F2N3. The molecule has 2 heterocycles. The molecule has 1 aliphatic rings. The summed E-state index contributed by atoms with van der Waals surface area (Å²) in [6.07, 6.45) is 2.34. The normalized spacial score (nSPS) is 18.4. The Hall–Kier alpha value is -1.59. The molecule has 1 N–H and O–H groups in total. The van der Waals surface area contributed by atoms with Gasteiger partial charge in [0.2, 0.25) is 0 Å². The van der Waals surface area contributed by atoms with Gasteiger partial charge < -0.3 is 10.2 Å². The highest BCUT2D eigenvalue weighted by Crippen LogP contribution is 2.29. The van der Waals surface area contributed by atoms with Gasteiger partial charge in [-0.2, -0.15) is 0 Å². The lowest BCUT2D eigenvalue weighted by molar-refractivity contribution is 0.136. The van der Waals surface area contributed by atoms with E-state index in [0.717, 1.165) is 31.4 Å². The number of likely N-dealkylation sites (tertiary alicyclic amines) is 1. The number of hydrogen-bond acceptors (Lipinski definition) is 3. The molecule has 1 aromatic heterocycles. The van der Waals surface area contributed by atoms with E-state index in [-0.39, 0.29) is 5.52 Å². The lowest BCUT2D eigenvalue weighted by atomic mass is 9.80. The lowest BCUT2D eigenvalue weighted by Gasteiger charge is -2.38. The molecule has 124 valence electrons. The Morgan fingerprint density at radius 1 is 1.17 bits per heavy atom. The molecule has 1 aliphatic heterocycles. The third-order valence-electron chi connectivity index (χ3n) is 4.86. The molecule has 0 radical (unpaired) electrons. The maximum absolute atomic E-state index is 13.8. The summed E-state index contributed by atoms with van der Waals surface area (Å²) in [6, 6.07) is 6.35. The Morgan fingerprint density at radius 2 is 1.87 bits per heavy atom. The minimum Gasteiger partial charge on any atom is -0.311 e. The van der Waals surface area contributed by atoms with Crippen LogP contribution in [0.1, 0.15) is 25.5 Å². The summed E-state index contributed by atoms with van der Waals surface area (Å²) in [4.78, 5) is 6.62.